The number of hydrogen-bond acceptors (Lipinski definition) is 5. The van der Waals surface area contributed by atoms with E-state index in [-0.39, 0.29) is 11.1 Å². The highest BCUT2D eigenvalue weighted by molar-refractivity contribution is 6.32. The van der Waals surface area contributed by atoms with Crippen molar-refractivity contribution in [1.29, 1.82) is 0 Å². The molecular weight excluding hydrogens is 484 g/mol. The molecule has 2 aromatic heterocycles. The van der Waals surface area contributed by atoms with Crippen LogP contribution in [0.4, 0.5) is 13.2 Å². The van der Waals surface area contributed by atoms with Crippen molar-refractivity contribution in [2.45, 2.75) is 31.8 Å². The number of piperidine rings is 1. The zero-order valence-corrected chi connectivity index (χ0v) is 18.9. The Bertz CT molecular complexity index is 1320. The fraction of sp³-hybridized carbons (Fsp3) is 0.381. The van der Waals surface area contributed by atoms with E-state index < -0.39 is 23.2 Å². The van der Waals surface area contributed by atoms with E-state index in [9.17, 15) is 22.8 Å². The Balaban J connectivity index is 1.50. The number of aromatic nitrogens is 3. The van der Waals surface area contributed by atoms with Gasteiger partial charge in [-0.3, -0.25) is 19.1 Å². The molecule has 1 aliphatic heterocycles. The molecule has 0 aliphatic carbocycles. The molecule has 1 saturated heterocycles. The molecule has 176 valence electrons. The SMILES string of the molecule is Cn1c(=O)c(=O)n(C2CCN(Cc3ccc(OC(F)(F)F)c(Cl)c3)CC2)c2ncc(Cl)cc21. The van der Waals surface area contributed by atoms with Gasteiger partial charge in [0.05, 0.1) is 15.6 Å². The quantitative estimate of drug-likeness (QED) is 0.501. The van der Waals surface area contributed by atoms with Crippen molar-refractivity contribution >= 4 is 34.4 Å². The molecule has 1 fully saturated rings. The summed E-state index contributed by atoms with van der Waals surface area (Å²) in [6.45, 7) is 1.69. The van der Waals surface area contributed by atoms with E-state index in [1.807, 2.05) is 0 Å². The second-order valence-electron chi connectivity index (χ2n) is 7.86. The highest BCUT2D eigenvalue weighted by Crippen LogP contribution is 2.32. The smallest absolute Gasteiger partial charge is 0.404 e. The molecule has 1 aliphatic rings. The molecule has 0 radical (unpaired) electrons. The Labute approximate surface area is 195 Å². The third-order valence-electron chi connectivity index (χ3n) is 5.66. The highest BCUT2D eigenvalue weighted by atomic mass is 35.5. The van der Waals surface area contributed by atoms with E-state index in [0.717, 1.165) is 5.56 Å². The van der Waals surface area contributed by atoms with E-state index in [1.165, 1.54) is 40.6 Å². The van der Waals surface area contributed by atoms with Crippen LogP contribution in [0.25, 0.3) is 11.2 Å². The predicted octanol–water partition coefficient (Wildman–Crippen LogP) is 4.14. The first-order valence-corrected chi connectivity index (χ1v) is 10.8. The molecule has 0 unspecified atom stereocenters. The van der Waals surface area contributed by atoms with E-state index in [4.69, 9.17) is 23.2 Å². The largest absolute Gasteiger partial charge is 0.573 e. The van der Waals surface area contributed by atoms with E-state index in [2.05, 4.69) is 14.6 Å². The van der Waals surface area contributed by atoms with Crippen molar-refractivity contribution < 1.29 is 17.9 Å². The fourth-order valence-corrected chi connectivity index (χ4v) is 4.48. The molecule has 0 saturated carbocycles. The van der Waals surface area contributed by atoms with Gasteiger partial charge in [-0.15, -0.1) is 13.2 Å². The number of likely N-dealkylation sites (tertiary alicyclic amines) is 1. The third-order valence-corrected chi connectivity index (χ3v) is 6.16. The van der Waals surface area contributed by atoms with Crippen LogP contribution in [0.5, 0.6) is 5.75 Å². The van der Waals surface area contributed by atoms with Crippen molar-refractivity contribution in [2.24, 2.45) is 7.05 Å². The Morgan fingerprint density at radius 2 is 1.82 bits per heavy atom. The van der Waals surface area contributed by atoms with Crippen LogP contribution in [0.2, 0.25) is 10.0 Å². The summed E-state index contributed by atoms with van der Waals surface area (Å²) < 4.78 is 43.8. The first kappa shape index (κ1) is 23.6. The minimum Gasteiger partial charge on any atom is -0.404 e. The van der Waals surface area contributed by atoms with Gasteiger partial charge >= 0.3 is 17.5 Å². The molecule has 33 heavy (non-hydrogen) atoms. The summed E-state index contributed by atoms with van der Waals surface area (Å²) in [4.78, 5) is 31.6. The number of hydrogen-bond donors (Lipinski definition) is 0. The van der Waals surface area contributed by atoms with Crippen molar-refractivity contribution in [2.75, 3.05) is 13.1 Å². The zero-order valence-electron chi connectivity index (χ0n) is 17.4. The van der Waals surface area contributed by atoms with Gasteiger partial charge in [-0.2, -0.15) is 0 Å². The monoisotopic (exact) mass is 502 g/mol. The predicted molar refractivity (Wildman–Crippen MR) is 118 cm³/mol. The maximum absolute atomic E-state index is 12.8. The average Bonchev–Trinajstić information content (AvgIpc) is 2.75. The fourth-order valence-electron chi connectivity index (χ4n) is 4.09. The number of benzene rings is 1. The summed E-state index contributed by atoms with van der Waals surface area (Å²) in [7, 11) is 1.51. The van der Waals surface area contributed by atoms with Crippen LogP contribution >= 0.6 is 23.2 Å². The lowest BCUT2D eigenvalue weighted by molar-refractivity contribution is -0.274. The van der Waals surface area contributed by atoms with Gasteiger partial charge in [0.2, 0.25) is 0 Å². The molecule has 0 atom stereocenters. The summed E-state index contributed by atoms with van der Waals surface area (Å²) in [5, 5.41) is 0.241. The van der Waals surface area contributed by atoms with E-state index in [0.29, 0.717) is 48.7 Å². The van der Waals surface area contributed by atoms with Gasteiger partial charge in [-0.25, -0.2) is 4.98 Å². The Morgan fingerprint density at radius 1 is 1.12 bits per heavy atom. The number of rotatable bonds is 4. The van der Waals surface area contributed by atoms with Gasteiger partial charge in [0.1, 0.15) is 5.75 Å². The van der Waals surface area contributed by atoms with Gasteiger partial charge < -0.3 is 9.30 Å². The topological polar surface area (TPSA) is 69.4 Å². The Hall–Kier alpha value is -2.56. The normalized spacial score (nSPS) is 15.8. The van der Waals surface area contributed by atoms with Crippen LogP contribution < -0.4 is 15.9 Å². The van der Waals surface area contributed by atoms with Crippen molar-refractivity contribution in [3.63, 3.8) is 0 Å². The minimum absolute atomic E-state index is 0.123. The lowest BCUT2D eigenvalue weighted by Crippen LogP contribution is -2.45. The van der Waals surface area contributed by atoms with Gasteiger partial charge in [-0.05, 0) is 36.6 Å². The number of halogens is 5. The average molecular weight is 503 g/mol. The van der Waals surface area contributed by atoms with Gasteiger partial charge in [-0.1, -0.05) is 29.3 Å². The molecule has 1 aromatic carbocycles. The lowest BCUT2D eigenvalue weighted by Gasteiger charge is -2.33. The molecular formula is C21H19Cl2F3N4O3. The maximum Gasteiger partial charge on any atom is 0.573 e. The number of aryl methyl sites for hydroxylation is 1. The van der Waals surface area contributed by atoms with Crippen molar-refractivity contribution in [3.8, 4) is 5.75 Å². The van der Waals surface area contributed by atoms with Gasteiger partial charge in [0, 0.05) is 38.9 Å². The molecule has 0 bridgehead atoms. The van der Waals surface area contributed by atoms with Crippen LogP contribution in [0.3, 0.4) is 0 Å². The number of pyridine rings is 1. The summed E-state index contributed by atoms with van der Waals surface area (Å²) in [6.07, 6.45) is -2.19. The molecule has 3 aromatic rings. The number of fused-ring (bicyclic) bond motifs is 1. The van der Waals surface area contributed by atoms with Crippen LogP contribution in [0.1, 0.15) is 24.4 Å². The molecule has 0 spiro atoms. The standard InChI is InChI=1S/C21H19Cl2F3N4O3/c1-28-16-9-13(22)10-27-18(16)30(20(32)19(28)31)14-4-6-29(7-5-14)11-12-2-3-17(15(23)8-12)33-21(24,25)26/h2-3,8-10,14H,4-7,11H2,1H3. The summed E-state index contributed by atoms with van der Waals surface area (Å²) in [6, 6.07) is 5.56. The molecule has 12 heteroatoms. The van der Waals surface area contributed by atoms with Crippen molar-refractivity contribution in [3.05, 3.63) is 66.8 Å². The Kier molecular flexibility index (Phi) is 6.43. The molecule has 0 amide bonds. The van der Waals surface area contributed by atoms with Gasteiger partial charge in [0.15, 0.2) is 5.65 Å². The number of alkyl halides is 3. The number of ether oxygens (including phenoxy) is 1. The summed E-state index contributed by atoms with van der Waals surface area (Å²) in [5.41, 5.74) is 0.331. The highest BCUT2D eigenvalue weighted by Gasteiger charge is 2.32. The minimum atomic E-state index is -4.81. The lowest BCUT2D eigenvalue weighted by atomic mass is 10.0. The van der Waals surface area contributed by atoms with Crippen molar-refractivity contribution in [1.82, 2.24) is 19.0 Å². The Morgan fingerprint density at radius 3 is 2.45 bits per heavy atom. The molecule has 7 nitrogen and oxygen atoms in total. The second-order valence-corrected chi connectivity index (χ2v) is 8.70. The second kappa shape index (κ2) is 9.00. The summed E-state index contributed by atoms with van der Waals surface area (Å²) in [5.74, 6) is -0.448. The van der Waals surface area contributed by atoms with Crippen LogP contribution in [-0.4, -0.2) is 38.5 Å². The third kappa shape index (κ3) is 5.02. The maximum atomic E-state index is 12.8. The van der Waals surface area contributed by atoms with Gasteiger partial charge in [0.25, 0.3) is 0 Å². The zero-order chi connectivity index (χ0) is 23.9. The first-order valence-electron chi connectivity index (χ1n) is 10.1. The van der Waals surface area contributed by atoms with E-state index >= 15 is 0 Å². The first-order chi connectivity index (χ1) is 15.5. The van der Waals surface area contributed by atoms with Crippen LogP contribution in [0.15, 0.2) is 40.1 Å². The van der Waals surface area contributed by atoms with Crippen LogP contribution in [-0.2, 0) is 13.6 Å². The molecule has 0 N–H and O–H groups in total. The van der Waals surface area contributed by atoms with E-state index in [1.54, 1.807) is 6.07 Å². The number of nitrogens with zero attached hydrogens (tertiary/aromatic N) is 4. The summed E-state index contributed by atoms with van der Waals surface area (Å²) >= 11 is 12.0. The molecule has 4 rings (SSSR count). The van der Waals surface area contributed by atoms with Crippen LogP contribution in [0, 0.1) is 0 Å². The molecule has 3 heterocycles.